The lowest BCUT2D eigenvalue weighted by molar-refractivity contribution is 0.164. The number of benzene rings is 1. The smallest absolute Gasteiger partial charge is 0.123 e. The SMILES string of the molecule is COc1ccc(OC)c(CN2C3CCC2c2cc(Cl)cnc2C3)c1. The van der Waals surface area contributed by atoms with E-state index in [4.69, 9.17) is 21.1 Å². The first-order valence-corrected chi connectivity index (χ1v) is 8.68. The van der Waals surface area contributed by atoms with Crippen LogP contribution in [0.3, 0.4) is 0 Å². The molecule has 1 fully saturated rings. The Balaban J connectivity index is 1.67. The highest BCUT2D eigenvalue weighted by atomic mass is 35.5. The maximum atomic E-state index is 6.19. The van der Waals surface area contributed by atoms with Crippen LogP contribution in [-0.2, 0) is 13.0 Å². The second kappa shape index (κ2) is 6.26. The number of aromatic nitrogens is 1. The van der Waals surface area contributed by atoms with Gasteiger partial charge in [-0.2, -0.15) is 0 Å². The van der Waals surface area contributed by atoms with Crippen LogP contribution in [0.4, 0.5) is 0 Å². The highest BCUT2D eigenvalue weighted by Gasteiger charge is 2.40. The van der Waals surface area contributed by atoms with Crippen molar-refractivity contribution in [1.29, 1.82) is 0 Å². The molecule has 2 aromatic rings. The molecule has 2 aliphatic rings. The summed E-state index contributed by atoms with van der Waals surface area (Å²) in [6, 6.07) is 9.00. The maximum Gasteiger partial charge on any atom is 0.123 e. The highest BCUT2D eigenvalue weighted by Crippen LogP contribution is 2.45. The van der Waals surface area contributed by atoms with E-state index in [9.17, 15) is 0 Å². The van der Waals surface area contributed by atoms with Crippen molar-refractivity contribution >= 4 is 11.6 Å². The summed E-state index contributed by atoms with van der Waals surface area (Å²) < 4.78 is 10.9. The standard InChI is InChI=1S/C19H21ClN2O2/c1-23-15-4-6-19(24-2)12(7-15)11-22-14-3-5-18(22)16-8-13(20)10-21-17(16)9-14/h4,6-8,10,14,18H,3,5,9,11H2,1-2H3. The molecule has 1 saturated heterocycles. The van der Waals surface area contributed by atoms with Crippen molar-refractivity contribution in [1.82, 2.24) is 9.88 Å². The third-order valence-corrected chi connectivity index (χ3v) is 5.45. The van der Waals surface area contributed by atoms with E-state index >= 15 is 0 Å². The normalized spacial score (nSPS) is 22.3. The molecule has 5 heteroatoms. The van der Waals surface area contributed by atoms with E-state index in [1.165, 1.54) is 17.7 Å². The fourth-order valence-electron chi connectivity index (χ4n) is 4.10. The van der Waals surface area contributed by atoms with Crippen LogP contribution in [0, 0.1) is 0 Å². The Bertz CT molecular complexity index is 765. The van der Waals surface area contributed by atoms with Gasteiger partial charge in [0.25, 0.3) is 0 Å². The van der Waals surface area contributed by atoms with Gasteiger partial charge < -0.3 is 9.47 Å². The fourth-order valence-corrected chi connectivity index (χ4v) is 4.26. The Hall–Kier alpha value is -1.78. The second-order valence-corrected chi connectivity index (χ2v) is 6.93. The molecule has 0 aliphatic carbocycles. The molecule has 126 valence electrons. The molecule has 2 aliphatic heterocycles. The van der Waals surface area contributed by atoms with E-state index in [1.54, 1.807) is 20.4 Å². The Morgan fingerprint density at radius 2 is 2.08 bits per heavy atom. The third kappa shape index (κ3) is 2.64. The first kappa shape index (κ1) is 15.7. The van der Waals surface area contributed by atoms with Crippen LogP contribution in [0.25, 0.3) is 0 Å². The van der Waals surface area contributed by atoms with Crippen LogP contribution in [0.5, 0.6) is 11.5 Å². The van der Waals surface area contributed by atoms with Crippen LogP contribution in [0.15, 0.2) is 30.5 Å². The van der Waals surface area contributed by atoms with Gasteiger partial charge >= 0.3 is 0 Å². The molecule has 3 heterocycles. The molecule has 1 aromatic heterocycles. The summed E-state index contributed by atoms with van der Waals surface area (Å²) in [5.41, 5.74) is 3.66. The van der Waals surface area contributed by atoms with Crippen LogP contribution < -0.4 is 9.47 Å². The third-order valence-electron chi connectivity index (χ3n) is 5.24. The zero-order valence-electron chi connectivity index (χ0n) is 14.0. The Kier molecular flexibility index (Phi) is 4.10. The molecule has 0 amide bonds. The molecule has 4 nitrogen and oxygen atoms in total. The molecule has 0 N–H and O–H groups in total. The van der Waals surface area contributed by atoms with Gasteiger partial charge in [-0.1, -0.05) is 11.6 Å². The number of rotatable bonds is 4. The molecule has 2 bridgehead atoms. The van der Waals surface area contributed by atoms with Gasteiger partial charge in [0.05, 0.1) is 19.2 Å². The van der Waals surface area contributed by atoms with E-state index < -0.39 is 0 Å². The number of hydrogen-bond acceptors (Lipinski definition) is 4. The molecule has 0 spiro atoms. The van der Waals surface area contributed by atoms with Gasteiger partial charge in [-0.05, 0) is 42.7 Å². The lowest BCUT2D eigenvalue weighted by atomic mass is 9.97. The predicted octanol–water partition coefficient (Wildman–Crippen LogP) is 4.01. The predicted molar refractivity (Wildman–Crippen MR) is 93.8 cm³/mol. The number of halogens is 1. The molecule has 0 radical (unpaired) electrons. The van der Waals surface area contributed by atoms with Crippen molar-refractivity contribution in [2.75, 3.05) is 14.2 Å². The first-order valence-electron chi connectivity index (χ1n) is 8.30. The Morgan fingerprint density at radius 1 is 1.21 bits per heavy atom. The minimum absolute atomic E-state index is 0.390. The van der Waals surface area contributed by atoms with Gasteiger partial charge in [-0.3, -0.25) is 9.88 Å². The van der Waals surface area contributed by atoms with Crippen LogP contribution in [0.2, 0.25) is 5.02 Å². The van der Waals surface area contributed by atoms with Crippen LogP contribution in [0.1, 0.15) is 35.7 Å². The van der Waals surface area contributed by atoms with E-state index in [2.05, 4.69) is 22.0 Å². The van der Waals surface area contributed by atoms with Crippen molar-refractivity contribution < 1.29 is 9.47 Å². The van der Waals surface area contributed by atoms with Crippen molar-refractivity contribution in [3.05, 3.63) is 52.3 Å². The molecule has 4 rings (SSSR count). The minimum Gasteiger partial charge on any atom is -0.497 e. The van der Waals surface area contributed by atoms with Crippen LogP contribution >= 0.6 is 11.6 Å². The lowest BCUT2D eigenvalue weighted by Gasteiger charge is -2.36. The molecule has 1 aromatic carbocycles. The van der Waals surface area contributed by atoms with E-state index in [0.29, 0.717) is 12.1 Å². The summed E-state index contributed by atoms with van der Waals surface area (Å²) in [6.07, 6.45) is 5.12. The van der Waals surface area contributed by atoms with Gasteiger partial charge in [0.1, 0.15) is 11.5 Å². The summed E-state index contributed by atoms with van der Waals surface area (Å²) in [5, 5.41) is 0.720. The molecule has 24 heavy (non-hydrogen) atoms. The maximum absolute atomic E-state index is 6.19. The van der Waals surface area contributed by atoms with Crippen molar-refractivity contribution in [3.63, 3.8) is 0 Å². The van der Waals surface area contributed by atoms with Gasteiger partial charge in [-0.25, -0.2) is 0 Å². The van der Waals surface area contributed by atoms with Gasteiger partial charge in [0.2, 0.25) is 0 Å². The van der Waals surface area contributed by atoms with E-state index in [-0.39, 0.29) is 0 Å². The fraction of sp³-hybridized carbons (Fsp3) is 0.421. The van der Waals surface area contributed by atoms with Gasteiger partial charge in [0.15, 0.2) is 0 Å². The summed E-state index contributed by atoms with van der Waals surface area (Å²) in [5.74, 6) is 1.77. The topological polar surface area (TPSA) is 34.6 Å². The molecular formula is C19H21ClN2O2. The summed E-state index contributed by atoms with van der Waals surface area (Å²) >= 11 is 6.19. The second-order valence-electron chi connectivity index (χ2n) is 6.49. The summed E-state index contributed by atoms with van der Waals surface area (Å²) in [6.45, 7) is 0.849. The quantitative estimate of drug-likeness (QED) is 0.839. The number of nitrogens with zero attached hydrogens (tertiary/aromatic N) is 2. The average Bonchev–Trinajstić information content (AvgIpc) is 2.88. The van der Waals surface area contributed by atoms with Gasteiger partial charge in [0, 0.05) is 42.5 Å². The van der Waals surface area contributed by atoms with Crippen LogP contribution in [-0.4, -0.2) is 30.1 Å². The highest BCUT2D eigenvalue weighted by molar-refractivity contribution is 6.30. The Morgan fingerprint density at radius 3 is 2.88 bits per heavy atom. The zero-order valence-corrected chi connectivity index (χ0v) is 14.7. The van der Waals surface area contributed by atoms with Crippen molar-refractivity contribution in [2.24, 2.45) is 0 Å². The number of hydrogen-bond donors (Lipinski definition) is 0. The molecular weight excluding hydrogens is 324 g/mol. The number of fused-ring (bicyclic) bond motifs is 4. The molecule has 2 unspecified atom stereocenters. The number of ether oxygens (including phenoxy) is 2. The molecule has 0 saturated carbocycles. The zero-order chi connectivity index (χ0) is 16.7. The van der Waals surface area contributed by atoms with E-state index in [0.717, 1.165) is 41.5 Å². The van der Waals surface area contributed by atoms with Crippen molar-refractivity contribution in [2.45, 2.75) is 37.9 Å². The monoisotopic (exact) mass is 344 g/mol. The molecule has 2 atom stereocenters. The number of methoxy groups -OCH3 is 2. The van der Waals surface area contributed by atoms with Gasteiger partial charge in [-0.15, -0.1) is 0 Å². The Labute approximate surface area is 147 Å². The van der Waals surface area contributed by atoms with E-state index in [1.807, 2.05) is 12.1 Å². The average molecular weight is 345 g/mol. The summed E-state index contributed by atoms with van der Waals surface area (Å²) in [4.78, 5) is 7.13. The lowest BCUT2D eigenvalue weighted by Crippen LogP contribution is -2.37. The minimum atomic E-state index is 0.390. The van der Waals surface area contributed by atoms with Crippen molar-refractivity contribution in [3.8, 4) is 11.5 Å². The largest absolute Gasteiger partial charge is 0.497 e. The number of pyridine rings is 1. The first-order chi connectivity index (χ1) is 11.7. The summed E-state index contributed by atoms with van der Waals surface area (Å²) in [7, 11) is 3.41.